The second kappa shape index (κ2) is 12.6. The van der Waals surface area contributed by atoms with E-state index < -0.39 is 0 Å². The fraction of sp³-hybridized carbons (Fsp3) is 0.242. The molecule has 0 saturated heterocycles. The highest BCUT2D eigenvalue weighted by Crippen LogP contribution is 2.29. The predicted molar refractivity (Wildman–Crippen MR) is 158 cm³/mol. The second-order valence-corrected chi connectivity index (χ2v) is 10.1. The first-order valence-electron chi connectivity index (χ1n) is 13.8. The molecule has 5 aromatic rings. The zero-order valence-electron chi connectivity index (χ0n) is 23.8. The number of aryl methyl sites for hydroxylation is 1. The van der Waals surface area contributed by atoms with Crippen LogP contribution in [0.4, 0.5) is 0 Å². The fourth-order valence-electron chi connectivity index (χ4n) is 4.42. The van der Waals surface area contributed by atoms with E-state index in [2.05, 4.69) is 23.5 Å². The minimum Gasteiger partial charge on any atom is -0.493 e. The number of benzene rings is 3. The summed E-state index contributed by atoms with van der Waals surface area (Å²) in [7, 11) is 0. The third-order valence-electron chi connectivity index (χ3n) is 6.41. The van der Waals surface area contributed by atoms with Crippen LogP contribution in [0, 0.1) is 6.92 Å². The molecule has 8 nitrogen and oxygen atoms in total. The van der Waals surface area contributed by atoms with Crippen LogP contribution in [-0.2, 0) is 6.54 Å². The minimum atomic E-state index is -0.335. The van der Waals surface area contributed by atoms with Gasteiger partial charge in [-0.3, -0.25) is 4.79 Å². The lowest BCUT2D eigenvalue weighted by Gasteiger charge is -2.10. The van der Waals surface area contributed by atoms with Crippen molar-refractivity contribution in [1.82, 2.24) is 20.3 Å². The molecule has 0 radical (unpaired) electrons. The van der Waals surface area contributed by atoms with Gasteiger partial charge in [-0.2, -0.15) is 5.10 Å². The van der Waals surface area contributed by atoms with Crippen molar-refractivity contribution >= 4 is 5.91 Å². The van der Waals surface area contributed by atoms with E-state index in [9.17, 15) is 4.79 Å². The topological polar surface area (TPSA) is 91.4 Å². The van der Waals surface area contributed by atoms with E-state index in [0.717, 1.165) is 51.6 Å². The van der Waals surface area contributed by atoms with Gasteiger partial charge in [0, 0.05) is 35.5 Å². The van der Waals surface area contributed by atoms with Crippen LogP contribution in [0.3, 0.4) is 0 Å². The first kappa shape index (κ1) is 27.7. The van der Waals surface area contributed by atoms with Crippen molar-refractivity contribution in [3.8, 4) is 39.8 Å². The highest BCUT2D eigenvalue weighted by molar-refractivity contribution is 5.93. The highest BCUT2D eigenvalue weighted by atomic mass is 16.5. The zero-order chi connectivity index (χ0) is 28.8. The molecule has 2 heterocycles. The van der Waals surface area contributed by atoms with Crippen molar-refractivity contribution in [1.29, 1.82) is 0 Å². The lowest BCUT2D eigenvalue weighted by molar-refractivity contribution is 0.0942. The Hall–Kier alpha value is -4.85. The Kier molecular flexibility index (Phi) is 8.48. The van der Waals surface area contributed by atoms with Gasteiger partial charge < -0.3 is 19.3 Å². The van der Waals surface area contributed by atoms with Crippen molar-refractivity contribution in [3.63, 3.8) is 0 Å². The van der Waals surface area contributed by atoms with E-state index in [1.54, 1.807) is 6.07 Å². The molecule has 0 atom stereocenters. The normalized spacial score (nSPS) is 11.0. The van der Waals surface area contributed by atoms with Crippen LogP contribution in [0.25, 0.3) is 28.3 Å². The third-order valence-corrected chi connectivity index (χ3v) is 6.41. The molecule has 2 aromatic heterocycles. The molecule has 8 heteroatoms. The summed E-state index contributed by atoms with van der Waals surface area (Å²) in [6, 6.07) is 25.1. The Morgan fingerprint density at radius 2 is 1.76 bits per heavy atom. The van der Waals surface area contributed by atoms with Crippen LogP contribution in [0.15, 0.2) is 89.6 Å². The molecule has 41 heavy (non-hydrogen) atoms. The molecule has 0 spiro atoms. The number of nitrogens with zero attached hydrogens (tertiary/aromatic N) is 3. The molecule has 0 aliphatic carbocycles. The van der Waals surface area contributed by atoms with Crippen LogP contribution >= 0.6 is 0 Å². The van der Waals surface area contributed by atoms with Gasteiger partial charge in [0.05, 0.1) is 24.1 Å². The van der Waals surface area contributed by atoms with Crippen LogP contribution < -0.4 is 14.8 Å². The average Bonchev–Trinajstić information content (AvgIpc) is 3.64. The summed E-state index contributed by atoms with van der Waals surface area (Å²) in [5.74, 6) is 1.80. The Morgan fingerprint density at radius 1 is 1.00 bits per heavy atom. The summed E-state index contributed by atoms with van der Waals surface area (Å²) in [6.07, 6.45) is 2.97. The summed E-state index contributed by atoms with van der Waals surface area (Å²) in [6.45, 7) is 8.99. The van der Waals surface area contributed by atoms with Crippen molar-refractivity contribution in [2.24, 2.45) is 0 Å². The Labute approximate surface area is 239 Å². The summed E-state index contributed by atoms with van der Waals surface area (Å²) in [5.41, 5.74) is 5.56. The van der Waals surface area contributed by atoms with Gasteiger partial charge >= 0.3 is 0 Å². The first-order valence-corrected chi connectivity index (χ1v) is 13.8. The van der Waals surface area contributed by atoms with E-state index in [-0.39, 0.29) is 24.2 Å². The molecular formula is C33H34N4O4. The molecule has 0 bridgehead atoms. The Balaban J connectivity index is 1.35. The fourth-order valence-corrected chi connectivity index (χ4v) is 4.42. The number of amides is 1. The summed E-state index contributed by atoms with van der Waals surface area (Å²) in [5, 5.41) is 11.9. The van der Waals surface area contributed by atoms with Gasteiger partial charge in [0.2, 0.25) is 0 Å². The number of rotatable bonds is 11. The van der Waals surface area contributed by atoms with Crippen LogP contribution in [-0.4, -0.2) is 33.6 Å². The van der Waals surface area contributed by atoms with E-state index in [4.69, 9.17) is 19.1 Å². The molecule has 1 N–H and O–H groups in total. The maximum Gasteiger partial charge on any atom is 0.273 e. The van der Waals surface area contributed by atoms with E-state index in [0.29, 0.717) is 12.4 Å². The lowest BCUT2D eigenvalue weighted by Crippen LogP contribution is -2.23. The minimum absolute atomic E-state index is 0.0879. The number of aromatic nitrogens is 3. The smallest absolute Gasteiger partial charge is 0.273 e. The van der Waals surface area contributed by atoms with Crippen LogP contribution in [0.5, 0.6) is 11.5 Å². The summed E-state index contributed by atoms with van der Waals surface area (Å²) < 4.78 is 18.9. The zero-order valence-corrected chi connectivity index (χ0v) is 23.8. The lowest BCUT2D eigenvalue weighted by atomic mass is 10.0. The van der Waals surface area contributed by atoms with Crippen molar-refractivity contribution < 1.29 is 18.8 Å². The Morgan fingerprint density at radius 3 is 2.46 bits per heavy atom. The number of carbonyl (C=O) groups is 1. The third kappa shape index (κ3) is 6.66. The standard InChI is InChI=1S/C33H34N4O4/c1-5-17-39-30-16-13-25(18-23(30)4)32-26(21-37(35-32)27-9-7-6-8-10-27)20-34-33(38)29-19-31(41-36-29)24-11-14-28(15-12-24)40-22(2)3/h6-16,18-19,21-22H,5,17,20H2,1-4H3,(H,34,38). The average molecular weight is 551 g/mol. The summed E-state index contributed by atoms with van der Waals surface area (Å²) >= 11 is 0. The molecule has 0 aliphatic rings. The molecule has 5 rings (SSSR count). The van der Waals surface area contributed by atoms with Gasteiger partial charge in [-0.25, -0.2) is 4.68 Å². The SMILES string of the molecule is CCCOc1ccc(-c2nn(-c3ccccc3)cc2CNC(=O)c2cc(-c3ccc(OC(C)C)cc3)on2)cc1C. The number of nitrogens with one attached hydrogen (secondary N) is 1. The number of para-hydroxylation sites is 1. The molecule has 0 unspecified atom stereocenters. The van der Waals surface area contributed by atoms with Gasteiger partial charge in [0.1, 0.15) is 11.5 Å². The Bertz CT molecular complexity index is 1600. The first-order chi connectivity index (χ1) is 19.9. The number of hydrogen-bond donors (Lipinski definition) is 1. The van der Waals surface area contributed by atoms with Gasteiger partial charge in [-0.05, 0) is 87.4 Å². The molecule has 210 valence electrons. The predicted octanol–water partition coefficient (Wildman–Crippen LogP) is 7.01. The van der Waals surface area contributed by atoms with Crippen LogP contribution in [0.1, 0.15) is 48.8 Å². The maximum atomic E-state index is 13.1. The van der Waals surface area contributed by atoms with Crippen molar-refractivity contribution in [2.45, 2.75) is 46.8 Å². The quantitative estimate of drug-likeness (QED) is 0.190. The largest absolute Gasteiger partial charge is 0.493 e. The van der Waals surface area contributed by atoms with Crippen molar-refractivity contribution in [2.75, 3.05) is 6.61 Å². The molecular weight excluding hydrogens is 516 g/mol. The molecule has 0 fully saturated rings. The van der Waals surface area contributed by atoms with Gasteiger partial charge in [-0.1, -0.05) is 30.3 Å². The number of hydrogen-bond acceptors (Lipinski definition) is 6. The number of carbonyl (C=O) groups excluding carboxylic acids is 1. The van der Waals surface area contributed by atoms with Gasteiger partial charge in [-0.15, -0.1) is 0 Å². The maximum absolute atomic E-state index is 13.1. The van der Waals surface area contributed by atoms with E-state index >= 15 is 0 Å². The summed E-state index contributed by atoms with van der Waals surface area (Å²) in [4.78, 5) is 13.1. The molecule has 1 amide bonds. The second-order valence-electron chi connectivity index (χ2n) is 10.1. The molecule has 0 aliphatic heterocycles. The number of ether oxygens (including phenoxy) is 2. The van der Waals surface area contributed by atoms with Crippen molar-refractivity contribution in [3.05, 3.63) is 102 Å². The molecule has 0 saturated carbocycles. The van der Waals surface area contributed by atoms with Gasteiger partial charge in [0.25, 0.3) is 5.91 Å². The van der Waals surface area contributed by atoms with Crippen LogP contribution in [0.2, 0.25) is 0 Å². The van der Waals surface area contributed by atoms with E-state index in [1.165, 1.54) is 0 Å². The highest BCUT2D eigenvalue weighted by Gasteiger charge is 2.18. The molecule has 3 aromatic carbocycles. The van der Waals surface area contributed by atoms with E-state index in [1.807, 2.05) is 98.4 Å². The monoisotopic (exact) mass is 550 g/mol. The van der Waals surface area contributed by atoms with Gasteiger partial charge in [0.15, 0.2) is 11.5 Å².